The van der Waals surface area contributed by atoms with Gasteiger partial charge in [0.25, 0.3) is 0 Å². The number of H-pyrrole nitrogens is 1. The molecule has 0 fully saturated rings. The molecule has 2 aromatic carbocycles. The van der Waals surface area contributed by atoms with Crippen molar-refractivity contribution in [1.29, 1.82) is 0 Å². The number of rotatable bonds is 9. The SMILES string of the molecule is CN(C)CC(NC(=O)/C=C/c1ccc(F)c(Br)c1)C(=O)NCCc1c[nH]c2ccc(F)cc12. The topological polar surface area (TPSA) is 77.2 Å². The smallest absolute Gasteiger partial charge is 0.244 e. The van der Waals surface area contributed by atoms with Crippen molar-refractivity contribution in [2.75, 3.05) is 27.2 Å². The highest BCUT2D eigenvalue weighted by Gasteiger charge is 2.20. The van der Waals surface area contributed by atoms with Crippen LogP contribution in [0.15, 0.2) is 53.1 Å². The Hall–Kier alpha value is -3.04. The molecule has 1 unspecified atom stereocenters. The molecule has 0 aliphatic rings. The molecule has 0 aliphatic carbocycles. The van der Waals surface area contributed by atoms with Crippen molar-refractivity contribution in [3.05, 3.63) is 75.9 Å². The van der Waals surface area contributed by atoms with Crippen molar-refractivity contribution in [1.82, 2.24) is 20.5 Å². The molecule has 3 aromatic rings. The minimum atomic E-state index is -0.766. The molecule has 33 heavy (non-hydrogen) atoms. The van der Waals surface area contributed by atoms with Gasteiger partial charge in [0.1, 0.15) is 17.7 Å². The van der Waals surface area contributed by atoms with Crippen molar-refractivity contribution in [2.45, 2.75) is 12.5 Å². The first kappa shape index (κ1) is 24.6. The van der Waals surface area contributed by atoms with Gasteiger partial charge in [0, 0.05) is 36.3 Å². The summed E-state index contributed by atoms with van der Waals surface area (Å²) in [5, 5.41) is 6.32. The fourth-order valence-corrected chi connectivity index (χ4v) is 3.76. The molecule has 1 atom stereocenters. The molecule has 0 radical (unpaired) electrons. The third-order valence-electron chi connectivity index (χ3n) is 4.97. The van der Waals surface area contributed by atoms with Crippen molar-refractivity contribution in [3.63, 3.8) is 0 Å². The van der Waals surface area contributed by atoms with Crippen molar-refractivity contribution >= 4 is 44.7 Å². The van der Waals surface area contributed by atoms with Gasteiger partial charge in [-0.2, -0.15) is 0 Å². The van der Waals surface area contributed by atoms with Crippen LogP contribution in [0.3, 0.4) is 0 Å². The number of carbonyl (C=O) groups is 2. The van der Waals surface area contributed by atoms with E-state index in [0.29, 0.717) is 29.5 Å². The average molecular weight is 519 g/mol. The van der Waals surface area contributed by atoms with E-state index in [2.05, 4.69) is 31.5 Å². The van der Waals surface area contributed by atoms with Crippen LogP contribution in [-0.2, 0) is 16.0 Å². The molecule has 6 nitrogen and oxygen atoms in total. The van der Waals surface area contributed by atoms with E-state index in [9.17, 15) is 18.4 Å². The van der Waals surface area contributed by atoms with Crippen LogP contribution in [0.4, 0.5) is 8.78 Å². The zero-order chi connectivity index (χ0) is 24.0. The number of amides is 2. The molecule has 0 saturated carbocycles. The molecule has 0 aliphatic heterocycles. The van der Waals surface area contributed by atoms with Gasteiger partial charge in [-0.25, -0.2) is 8.78 Å². The number of nitrogens with zero attached hydrogens (tertiary/aromatic N) is 1. The summed E-state index contributed by atoms with van der Waals surface area (Å²) in [5.41, 5.74) is 2.36. The second-order valence-corrected chi connectivity index (χ2v) is 8.73. The number of halogens is 3. The molecule has 1 aromatic heterocycles. The van der Waals surface area contributed by atoms with Crippen molar-refractivity contribution in [3.8, 4) is 0 Å². The van der Waals surface area contributed by atoms with E-state index in [0.717, 1.165) is 16.5 Å². The van der Waals surface area contributed by atoms with Crippen molar-refractivity contribution in [2.24, 2.45) is 0 Å². The Bertz CT molecular complexity index is 1180. The minimum absolute atomic E-state index is 0.299. The van der Waals surface area contributed by atoms with E-state index in [1.54, 1.807) is 49.5 Å². The van der Waals surface area contributed by atoms with E-state index < -0.39 is 17.8 Å². The first-order valence-electron chi connectivity index (χ1n) is 10.3. The maximum Gasteiger partial charge on any atom is 0.244 e. The molecule has 0 bridgehead atoms. The Morgan fingerprint density at radius 3 is 2.70 bits per heavy atom. The minimum Gasteiger partial charge on any atom is -0.361 e. The summed E-state index contributed by atoms with van der Waals surface area (Å²) in [6, 6.07) is 8.16. The predicted molar refractivity (Wildman–Crippen MR) is 129 cm³/mol. The van der Waals surface area contributed by atoms with E-state index in [1.807, 2.05) is 0 Å². The van der Waals surface area contributed by atoms with Gasteiger partial charge in [-0.3, -0.25) is 9.59 Å². The van der Waals surface area contributed by atoms with E-state index >= 15 is 0 Å². The molecule has 3 N–H and O–H groups in total. The number of benzene rings is 2. The Labute approximate surface area is 199 Å². The highest BCUT2D eigenvalue weighted by molar-refractivity contribution is 9.10. The summed E-state index contributed by atoms with van der Waals surface area (Å²) >= 11 is 3.11. The number of carbonyl (C=O) groups excluding carboxylic acids is 2. The fraction of sp³-hybridized carbons (Fsp3) is 0.250. The Morgan fingerprint density at radius 1 is 1.18 bits per heavy atom. The number of nitrogens with one attached hydrogen (secondary N) is 3. The highest BCUT2D eigenvalue weighted by Crippen LogP contribution is 2.20. The molecule has 2 amide bonds. The van der Waals surface area contributed by atoms with Gasteiger partial charge in [0.05, 0.1) is 4.47 Å². The Balaban J connectivity index is 1.58. The lowest BCUT2D eigenvalue weighted by molar-refractivity contribution is -0.127. The van der Waals surface area contributed by atoms with Gasteiger partial charge in [-0.15, -0.1) is 0 Å². The van der Waals surface area contributed by atoms with Gasteiger partial charge in [0.15, 0.2) is 0 Å². The second kappa shape index (κ2) is 11.2. The van der Waals surface area contributed by atoms with Gasteiger partial charge < -0.3 is 20.5 Å². The predicted octanol–water partition coefficient (Wildman–Crippen LogP) is 3.63. The Kier molecular flexibility index (Phi) is 8.35. The fourth-order valence-electron chi connectivity index (χ4n) is 3.37. The molecule has 0 saturated heterocycles. The number of aromatic amines is 1. The average Bonchev–Trinajstić information content (AvgIpc) is 3.15. The molecule has 1 heterocycles. The first-order chi connectivity index (χ1) is 15.7. The molecule has 174 valence electrons. The zero-order valence-electron chi connectivity index (χ0n) is 18.3. The number of fused-ring (bicyclic) bond motifs is 1. The lowest BCUT2D eigenvalue weighted by Gasteiger charge is -2.21. The summed E-state index contributed by atoms with van der Waals surface area (Å²) in [6.45, 7) is 0.646. The van der Waals surface area contributed by atoms with Crippen LogP contribution in [0.2, 0.25) is 0 Å². The Morgan fingerprint density at radius 2 is 1.97 bits per heavy atom. The van der Waals surface area contributed by atoms with E-state index in [1.165, 1.54) is 24.3 Å². The van der Waals surface area contributed by atoms with E-state index in [4.69, 9.17) is 0 Å². The summed E-state index contributed by atoms with van der Waals surface area (Å²) in [6.07, 6.45) is 5.15. The number of likely N-dealkylation sites (N-methyl/N-ethyl adjacent to an activating group) is 1. The van der Waals surface area contributed by atoms with Gasteiger partial charge in [-0.1, -0.05) is 6.07 Å². The van der Waals surface area contributed by atoms with Crippen LogP contribution < -0.4 is 10.6 Å². The molecular weight excluding hydrogens is 494 g/mol. The van der Waals surface area contributed by atoms with Gasteiger partial charge >= 0.3 is 0 Å². The maximum absolute atomic E-state index is 13.5. The van der Waals surface area contributed by atoms with Crippen LogP contribution in [-0.4, -0.2) is 54.9 Å². The summed E-state index contributed by atoms with van der Waals surface area (Å²) in [5.74, 6) is -1.47. The zero-order valence-corrected chi connectivity index (χ0v) is 19.9. The first-order valence-corrected chi connectivity index (χ1v) is 11.1. The van der Waals surface area contributed by atoms with Crippen LogP contribution in [0.25, 0.3) is 17.0 Å². The van der Waals surface area contributed by atoms with Gasteiger partial charge in [-0.05, 0) is 84.0 Å². The normalized spacial score (nSPS) is 12.4. The largest absolute Gasteiger partial charge is 0.361 e. The van der Waals surface area contributed by atoms with Crippen LogP contribution in [0.1, 0.15) is 11.1 Å². The monoisotopic (exact) mass is 518 g/mol. The van der Waals surface area contributed by atoms with Crippen LogP contribution in [0, 0.1) is 11.6 Å². The molecule has 9 heteroatoms. The summed E-state index contributed by atoms with van der Waals surface area (Å²) < 4.78 is 27.2. The third-order valence-corrected chi connectivity index (χ3v) is 5.58. The number of aromatic nitrogens is 1. The lowest BCUT2D eigenvalue weighted by Crippen LogP contribution is -2.51. The third kappa shape index (κ3) is 6.97. The van der Waals surface area contributed by atoms with Crippen molar-refractivity contribution < 1.29 is 18.4 Å². The number of hydrogen-bond donors (Lipinski definition) is 3. The molecule has 0 spiro atoms. The van der Waals surface area contributed by atoms with Crippen LogP contribution >= 0.6 is 15.9 Å². The summed E-state index contributed by atoms with van der Waals surface area (Å²) in [4.78, 5) is 30.0. The summed E-state index contributed by atoms with van der Waals surface area (Å²) in [7, 11) is 3.61. The molecular formula is C24H25BrF2N4O2. The second-order valence-electron chi connectivity index (χ2n) is 7.88. The quantitative estimate of drug-likeness (QED) is 0.378. The maximum atomic E-state index is 13.5. The molecule has 3 rings (SSSR count). The number of hydrogen-bond acceptors (Lipinski definition) is 3. The lowest BCUT2D eigenvalue weighted by atomic mass is 10.1. The van der Waals surface area contributed by atoms with Gasteiger partial charge in [0.2, 0.25) is 11.8 Å². The standard InChI is InChI=1S/C24H25BrF2N4O2/c1-31(2)14-22(30-23(32)8-4-15-3-6-20(27)19(25)11-15)24(33)28-10-9-16-13-29-21-7-5-17(26)12-18(16)21/h3-8,11-13,22,29H,9-10,14H2,1-2H3,(H,28,33)(H,30,32)/b8-4+. The van der Waals surface area contributed by atoms with E-state index in [-0.39, 0.29) is 11.7 Å². The van der Waals surface area contributed by atoms with Crippen LogP contribution in [0.5, 0.6) is 0 Å². The highest BCUT2D eigenvalue weighted by atomic mass is 79.9.